The monoisotopic (exact) mass is 226 g/mol. The zero-order valence-corrected chi connectivity index (χ0v) is 9.87. The summed E-state index contributed by atoms with van der Waals surface area (Å²) in [5.41, 5.74) is 0.928. The normalized spacial score (nSPS) is 12.2. The first-order valence-electron chi connectivity index (χ1n) is 4.65. The summed E-state index contributed by atoms with van der Waals surface area (Å²) in [7, 11) is 1.39. The second-order valence-electron chi connectivity index (χ2n) is 3.19. The van der Waals surface area contributed by atoms with Crippen molar-refractivity contribution in [2.75, 3.05) is 7.11 Å². The lowest BCUT2D eigenvalue weighted by molar-refractivity contribution is -0.140. The highest BCUT2D eigenvalue weighted by Crippen LogP contribution is 2.21. The smallest absolute Gasteiger partial charge is 0.306 e. The molecule has 0 fully saturated rings. The van der Waals surface area contributed by atoms with Gasteiger partial charge in [-0.15, -0.1) is 0 Å². The van der Waals surface area contributed by atoms with Crippen LogP contribution >= 0.6 is 11.8 Å². The fraction of sp³-hybridized carbons (Fsp3) is 0.500. The molecule has 0 aliphatic rings. The van der Waals surface area contributed by atoms with Gasteiger partial charge in [-0.05, 0) is 13.0 Å². The van der Waals surface area contributed by atoms with Crippen LogP contribution in [0.2, 0.25) is 0 Å². The van der Waals surface area contributed by atoms with Crippen LogP contribution in [-0.2, 0) is 9.53 Å². The molecule has 5 heteroatoms. The van der Waals surface area contributed by atoms with Crippen LogP contribution < -0.4 is 0 Å². The van der Waals surface area contributed by atoms with E-state index in [1.165, 1.54) is 18.9 Å². The highest BCUT2D eigenvalue weighted by atomic mass is 32.2. The van der Waals surface area contributed by atoms with Gasteiger partial charge >= 0.3 is 5.97 Å². The number of ether oxygens (including phenoxy) is 1. The highest BCUT2D eigenvalue weighted by molar-refractivity contribution is 7.99. The van der Waals surface area contributed by atoms with Crippen LogP contribution in [0.15, 0.2) is 17.4 Å². The second kappa shape index (κ2) is 5.70. The Kier molecular flexibility index (Phi) is 4.55. The molecule has 1 aromatic rings. The predicted molar refractivity (Wildman–Crippen MR) is 58.7 cm³/mol. The molecule has 0 N–H and O–H groups in total. The Morgan fingerprint density at radius 2 is 2.40 bits per heavy atom. The number of hydrogen-bond donors (Lipinski definition) is 0. The van der Waals surface area contributed by atoms with Crippen molar-refractivity contribution in [3.05, 3.63) is 18.0 Å². The van der Waals surface area contributed by atoms with E-state index in [-0.39, 0.29) is 11.2 Å². The van der Waals surface area contributed by atoms with Gasteiger partial charge in [0, 0.05) is 17.1 Å². The van der Waals surface area contributed by atoms with Gasteiger partial charge in [-0.2, -0.15) is 0 Å². The largest absolute Gasteiger partial charge is 0.469 e. The number of aromatic nitrogens is 2. The quantitative estimate of drug-likeness (QED) is 0.445. The maximum atomic E-state index is 11.0. The summed E-state index contributed by atoms with van der Waals surface area (Å²) >= 11 is 1.48. The topological polar surface area (TPSA) is 52.1 Å². The zero-order chi connectivity index (χ0) is 11.3. The van der Waals surface area contributed by atoms with Gasteiger partial charge in [0.15, 0.2) is 5.16 Å². The molecule has 1 aromatic heterocycles. The number of rotatable bonds is 4. The molecule has 1 heterocycles. The van der Waals surface area contributed by atoms with Crippen molar-refractivity contribution < 1.29 is 9.53 Å². The average molecular weight is 226 g/mol. The fourth-order valence-corrected chi connectivity index (χ4v) is 1.92. The predicted octanol–water partition coefficient (Wildman–Crippen LogP) is 1.83. The van der Waals surface area contributed by atoms with Crippen molar-refractivity contribution in [3.63, 3.8) is 0 Å². The van der Waals surface area contributed by atoms with Crippen LogP contribution in [0.1, 0.15) is 19.0 Å². The lowest BCUT2D eigenvalue weighted by atomic mass is 10.3. The molecule has 0 saturated carbocycles. The van der Waals surface area contributed by atoms with E-state index < -0.39 is 0 Å². The molecule has 1 atom stereocenters. The molecule has 0 aromatic carbocycles. The minimum absolute atomic E-state index is 0.124. The van der Waals surface area contributed by atoms with E-state index in [0.717, 1.165) is 5.69 Å². The fourth-order valence-electron chi connectivity index (χ4n) is 1.02. The summed E-state index contributed by atoms with van der Waals surface area (Å²) < 4.78 is 4.59. The number of carbonyl (C=O) groups is 1. The number of hydrogen-bond acceptors (Lipinski definition) is 5. The van der Waals surface area contributed by atoms with Crippen LogP contribution in [0.4, 0.5) is 0 Å². The lowest BCUT2D eigenvalue weighted by Gasteiger charge is -2.08. The summed E-state index contributed by atoms with van der Waals surface area (Å²) in [6.07, 6.45) is 2.09. The summed E-state index contributed by atoms with van der Waals surface area (Å²) in [6.45, 7) is 3.87. The number of aryl methyl sites for hydroxylation is 1. The molecule has 0 aliphatic heterocycles. The van der Waals surface area contributed by atoms with Gasteiger partial charge in [-0.1, -0.05) is 18.7 Å². The number of carbonyl (C=O) groups excluding carboxylic acids is 1. The van der Waals surface area contributed by atoms with Gasteiger partial charge in [-0.25, -0.2) is 9.97 Å². The molecule has 0 aliphatic carbocycles. The minimum Gasteiger partial charge on any atom is -0.469 e. The maximum Gasteiger partial charge on any atom is 0.306 e. The Labute approximate surface area is 93.5 Å². The number of thioether (sulfide) groups is 1. The SMILES string of the molecule is COC(=O)CC(C)Sc1nccc(C)n1. The van der Waals surface area contributed by atoms with Crippen molar-refractivity contribution in [3.8, 4) is 0 Å². The highest BCUT2D eigenvalue weighted by Gasteiger charge is 2.11. The van der Waals surface area contributed by atoms with Gasteiger partial charge in [0.05, 0.1) is 13.5 Å². The van der Waals surface area contributed by atoms with Crippen molar-refractivity contribution in [2.45, 2.75) is 30.7 Å². The standard InChI is InChI=1S/C10H14N2O2S/c1-7-4-5-11-10(12-7)15-8(2)6-9(13)14-3/h4-5,8H,6H2,1-3H3. The third-order valence-corrected chi connectivity index (χ3v) is 2.74. The molecule has 4 nitrogen and oxygen atoms in total. The Morgan fingerprint density at radius 3 is 3.00 bits per heavy atom. The first kappa shape index (κ1) is 12.0. The van der Waals surface area contributed by atoms with E-state index in [4.69, 9.17) is 0 Å². The van der Waals surface area contributed by atoms with Gasteiger partial charge in [0.1, 0.15) is 0 Å². The molecule has 15 heavy (non-hydrogen) atoms. The molecule has 1 rings (SSSR count). The molecule has 82 valence electrons. The molecule has 0 radical (unpaired) electrons. The van der Waals surface area contributed by atoms with Crippen molar-refractivity contribution >= 4 is 17.7 Å². The third-order valence-electron chi connectivity index (χ3n) is 1.76. The van der Waals surface area contributed by atoms with E-state index >= 15 is 0 Å². The van der Waals surface area contributed by atoms with E-state index in [2.05, 4.69) is 14.7 Å². The number of methoxy groups -OCH3 is 1. The Bertz CT molecular complexity index is 344. The van der Waals surface area contributed by atoms with Crippen molar-refractivity contribution in [1.29, 1.82) is 0 Å². The van der Waals surface area contributed by atoms with Crippen LogP contribution in [0.25, 0.3) is 0 Å². The van der Waals surface area contributed by atoms with E-state index in [0.29, 0.717) is 11.6 Å². The van der Waals surface area contributed by atoms with Gasteiger partial charge < -0.3 is 4.74 Å². The van der Waals surface area contributed by atoms with Crippen LogP contribution in [0.3, 0.4) is 0 Å². The minimum atomic E-state index is -0.206. The second-order valence-corrected chi connectivity index (χ2v) is 4.59. The van der Waals surface area contributed by atoms with Crippen molar-refractivity contribution in [1.82, 2.24) is 9.97 Å². The van der Waals surface area contributed by atoms with E-state index in [9.17, 15) is 4.79 Å². The zero-order valence-electron chi connectivity index (χ0n) is 9.06. The average Bonchev–Trinajstić information content (AvgIpc) is 2.17. The Balaban J connectivity index is 2.51. The molecule has 1 unspecified atom stereocenters. The molecule has 0 bridgehead atoms. The Hall–Kier alpha value is -1.10. The van der Waals surface area contributed by atoms with Crippen LogP contribution in [0, 0.1) is 6.92 Å². The third kappa shape index (κ3) is 4.29. The first-order valence-corrected chi connectivity index (χ1v) is 5.53. The van der Waals surface area contributed by atoms with E-state index in [1.54, 1.807) is 6.20 Å². The number of nitrogens with zero attached hydrogens (tertiary/aromatic N) is 2. The summed E-state index contributed by atoms with van der Waals surface area (Å²) in [5.74, 6) is -0.206. The van der Waals surface area contributed by atoms with Crippen molar-refractivity contribution in [2.24, 2.45) is 0 Å². The summed E-state index contributed by atoms with van der Waals surface area (Å²) in [5, 5.41) is 0.825. The molecular formula is C10H14N2O2S. The molecular weight excluding hydrogens is 212 g/mol. The Morgan fingerprint density at radius 1 is 1.67 bits per heavy atom. The lowest BCUT2D eigenvalue weighted by Crippen LogP contribution is -2.09. The molecule has 0 spiro atoms. The van der Waals surface area contributed by atoms with Crippen LogP contribution in [-0.4, -0.2) is 28.3 Å². The first-order chi connectivity index (χ1) is 7.11. The van der Waals surface area contributed by atoms with Gasteiger partial charge in [-0.3, -0.25) is 4.79 Å². The van der Waals surface area contributed by atoms with Crippen LogP contribution in [0.5, 0.6) is 0 Å². The summed E-state index contributed by atoms with van der Waals surface area (Å²) in [6, 6.07) is 1.84. The maximum absolute atomic E-state index is 11.0. The van der Waals surface area contributed by atoms with Gasteiger partial charge in [0.2, 0.25) is 0 Å². The molecule has 0 amide bonds. The summed E-state index contributed by atoms with van der Waals surface area (Å²) in [4.78, 5) is 19.4. The van der Waals surface area contributed by atoms with Gasteiger partial charge in [0.25, 0.3) is 0 Å². The molecule has 0 saturated heterocycles. The van der Waals surface area contributed by atoms with E-state index in [1.807, 2.05) is 19.9 Å². The number of esters is 1.